The molecular weight excluding hydrogens is 315 g/mol. The summed E-state index contributed by atoms with van der Waals surface area (Å²) < 4.78 is 19.4. The molecule has 0 saturated heterocycles. The highest BCUT2D eigenvalue weighted by Gasteiger charge is 2.06. The van der Waals surface area contributed by atoms with Crippen molar-refractivity contribution in [1.82, 2.24) is 5.32 Å². The number of carbonyl (C=O) groups is 1. The van der Waals surface area contributed by atoms with E-state index in [0.717, 1.165) is 0 Å². The quantitative estimate of drug-likeness (QED) is 0.783. The number of hydrogen-bond acceptors (Lipinski definition) is 2. The second kappa shape index (κ2) is 8.12. The first-order valence-corrected chi connectivity index (χ1v) is 6.90. The average molecular weight is 333 g/mol. The summed E-state index contributed by atoms with van der Waals surface area (Å²) in [4.78, 5) is 11.5. The van der Waals surface area contributed by atoms with Crippen molar-refractivity contribution < 1.29 is 13.9 Å². The molecule has 0 spiro atoms. The Morgan fingerprint density at radius 1 is 1.47 bits per heavy atom. The standard InChI is InChI=1S/C13H18BrFN2O2/c1-9(2)19-7-3-6-16-13(18)17-12-5-4-10(14)8-11(12)15/h4-5,8-9H,3,6-7H2,1-2H3,(H2,16,17,18). The van der Waals surface area contributed by atoms with Gasteiger partial charge in [-0.25, -0.2) is 9.18 Å². The van der Waals surface area contributed by atoms with Crippen LogP contribution in [-0.4, -0.2) is 25.3 Å². The third-order valence-corrected chi connectivity index (χ3v) is 2.73. The van der Waals surface area contributed by atoms with Gasteiger partial charge < -0.3 is 15.4 Å². The number of nitrogens with one attached hydrogen (secondary N) is 2. The number of hydrogen-bond donors (Lipinski definition) is 2. The third kappa shape index (κ3) is 6.54. The van der Waals surface area contributed by atoms with E-state index in [1.165, 1.54) is 12.1 Å². The van der Waals surface area contributed by atoms with Crippen molar-refractivity contribution in [3.63, 3.8) is 0 Å². The van der Waals surface area contributed by atoms with Gasteiger partial charge in [0.1, 0.15) is 5.82 Å². The molecule has 2 N–H and O–H groups in total. The molecule has 0 aliphatic carbocycles. The van der Waals surface area contributed by atoms with E-state index in [4.69, 9.17) is 4.74 Å². The molecule has 4 nitrogen and oxygen atoms in total. The second-order valence-electron chi connectivity index (χ2n) is 4.28. The van der Waals surface area contributed by atoms with Gasteiger partial charge in [-0.15, -0.1) is 0 Å². The lowest BCUT2D eigenvalue weighted by Crippen LogP contribution is -2.30. The van der Waals surface area contributed by atoms with Crippen LogP contribution in [0.15, 0.2) is 22.7 Å². The molecule has 0 heterocycles. The van der Waals surface area contributed by atoms with Gasteiger partial charge in [-0.1, -0.05) is 15.9 Å². The molecule has 0 unspecified atom stereocenters. The van der Waals surface area contributed by atoms with E-state index in [9.17, 15) is 9.18 Å². The Balaban J connectivity index is 2.27. The van der Waals surface area contributed by atoms with Gasteiger partial charge in [0.25, 0.3) is 0 Å². The molecule has 1 aromatic rings. The van der Waals surface area contributed by atoms with E-state index in [2.05, 4.69) is 26.6 Å². The predicted molar refractivity (Wildman–Crippen MR) is 76.8 cm³/mol. The molecule has 0 aromatic heterocycles. The van der Waals surface area contributed by atoms with Crippen molar-refractivity contribution in [2.24, 2.45) is 0 Å². The van der Waals surface area contributed by atoms with Crippen LogP contribution in [0, 0.1) is 5.82 Å². The number of benzene rings is 1. The zero-order chi connectivity index (χ0) is 14.3. The molecule has 0 fully saturated rings. The topological polar surface area (TPSA) is 50.4 Å². The Kier molecular flexibility index (Phi) is 6.80. The van der Waals surface area contributed by atoms with Gasteiger partial charge in [0.2, 0.25) is 0 Å². The number of carbonyl (C=O) groups excluding carboxylic acids is 1. The number of rotatable bonds is 6. The highest BCUT2D eigenvalue weighted by molar-refractivity contribution is 9.10. The summed E-state index contributed by atoms with van der Waals surface area (Å²) in [7, 11) is 0. The van der Waals surface area contributed by atoms with Crippen molar-refractivity contribution in [3.05, 3.63) is 28.5 Å². The van der Waals surface area contributed by atoms with Crippen molar-refractivity contribution in [2.75, 3.05) is 18.5 Å². The van der Waals surface area contributed by atoms with Gasteiger partial charge >= 0.3 is 6.03 Å². The van der Waals surface area contributed by atoms with Crippen LogP contribution in [0.25, 0.3) is 0 Å². The van der Waals surface area contributed by atoms with Crippen LogP contribution in [0.1, 0.15) is 20.3 Å². The van der Waals surface area contributed by atoms with Crippen LogP contribution < -0.4 is 10.6 Å². The van der Waals surface area contributed by atoms with E-state index >= 15 is 0 Å². The fourth-order valence-electron chi connectivity index (χ4n) is 1.35. The molecule has 0 aliphatic heterocycles. The predicted octanol–water partition coefficient (Wildman–Crippen LogP) is 3.52. The van der Waals surface area contributed by atoms with Crippen molar-refractivity contribution in [2.45, 2.75) is 26.4 Å². The van der Waals surface area contributed by atoms with E-state index < -0.39 is 11.8 Å². The molecule has 6 heteroatoms. The number of urea groups is 1. The Bertz CT molecular complexity index is 427. The number of halogens is 2. The minimum atomic E-state index is -0.479. The van der Waals surface area contributed by atoms with Gasteiger partial charge in [-0.05, 0) is 38.5 Å². The molecule has 106 valence electrons. The molecule has 0 saturated carbocycles. The first kappa shape index (κ1) is 15.9. The lowest BCUT2D eigenvalue weighted by atomic mass is 10.3. The lowest BCUT2D eigenvalue weighted by Gasteiger charge is -2.10. The largest absolute Gasteiger partial charge is 0.379 e. The van der Waals surface area contributed by atoms with E-state index in [1.54, 1.807) is 6.07 Å². The summed E-state index contributed by atoms with van der Waals surface area (Å²) in [5.41, 5.74) is 0.152. The van der Waals surface area contributed by atoms with Gasteiger partial charge in [0.15, 0.2) is 0 Å². The number of anilines is 1. The van der Waals surface area contributed by atoms with Crippen molar-refractivity contribution >= 4 is 27.6 Å². The van der Waals surface area contributed by atoms with Crippen LogP contribution in [0.5, 0.6) is 0 Å². The van der Waals surface area contributed by atoms with Crippen LogP contribution in [0.4, 0.5) is 14.9 Å². The summed E-state index contributed by atoms with van der Waals surface area (Å²) >= 11 is 3.15. The molecule has 0 radical (unpaired) electrons. The maximum atomic E-state index is 13.5. The minimum absolute atomic E-state index is 0.152. The average Bonchev–Trinajstić information content (AvgIpc) is 2.32. The van der Waals surface area contributed by atoms with Gasteiger partial charge in [0.05, 0.1) is 11.8 Å². The number of ether oxygens (including phenoxy) is 1. The normalized spacial score (nSPS) is 10.6. The fraction of sp³-hybridized carbons (Fsp3) is 0.462. The summed E-state index contributed by atoms with van der Waals surface area (Å²) in [5, 5.41) is 5.09. The first-order chi connectivity index (χ1) is 8.99. The fourth-order valence-corrected chi connectivity index (χ4v) is 1.68. The van der Waals surface area contributed by atoms with Crippen LogP contribution in [-0.2, 0) is 4.74 Å². The molecule has 0 atom stereocenters. The highest BCUT2D eigenvalue weighted by atomic mass is 79.9. The maximum Gasteiger partial charge on any atom is 0.319 e. The summed E-state index contributed by atoms with van der Waals surface area (Å²) in [6.07, 6.45) is 0.903. The minimum Gasteiger partial charge on any atom is -0.379 e. The van der Waals surface area contributed by atoms with Crippen LogP contribution >= 0.6 is 15.9 Å². The zero-order valence-corrected chi connectivity index (χ0v) is 12.6. The highest BCUT2D eigenvalue weighted by Crippen LogP contribution is 2.18. The van der Waals surface area contributed by atoms with Crippen LogP contribution in [0.2, 0.25) is 0 Å². The zero-order valence-electron chi connectivity index (χ0n) is 11.0. The van der Waals surface area contributed by atoms with Crippen LogP contribution in [0.3, 0.4) is 0 Å². The van der Waals surface area contributed by atoms with E-state index in [1.807, 2.05) is 13.8 Å². The Hall–Kier alpha value is -1.14. The van der Waals surface area contributed by atoms with Gasteiger partial charge in [0, 0.05) is 17.6 Å². The summed E-state index contributed by atoms with van der Waals surface area (Å²) in [6, 6.07) is 4.04. The van der Waals surface area contributed by atoms with Crippen molar-refractivity contribution in [1.29, 1.82) is 0 Å². The second-order valence-corrected chi connectivity index (χ2v) is 5.19. The first-order valence-electron chi connectivity index (χ1n) is 6.10. The molecule has 2 amide bonds. The SMILES string of the molecule is CC(C)OCCCNC(=O)Nc1ccc(Br)cc1F. The molecule has 0 bridgehead atoms. The monoisotopic (exact) mass is 332 g/mol. The maximum absolute atomic E-state index is 13.5. The molecular formula is C13H18BrFN2O2. The molecule has 0 aliphatic rings. The smallest absolute Gasteiger partial charge is 0.319 e. The summed E-state index contributed by atoms with van der Waals surface area (Å²) in [6.45, 7) is 4.98. The Labute approximate surface area is 120 Å². The van der Waals surface area contributed by atoms with Gasteiger partial charge in [-0.3, -0.25) is 0 Å². The van der Waals surface area contributed by atoms with Gasteiger partial charge in [-0.2, -0.15) is 0 Å². The molecule has 1 aromatic carbocycles. The third-order valence-electron chi connectivity index (χ3n) is 2.24. The summed E-state index contributed by atoms with van der Waals surface area (Å²) in [5.74, 6) is -0.479. The van der Waals surface area contributed by atoms with E-state index in [-0.39, 0.29) is 11.8 Å². The molecule has 19 heavy (non-hydrogen) atoms. The van der Waals surface area contributed by atoms with E-state index in [0.29, 0.717) is 24.0 Å². The Morgan fingerprint density at radius 2 is 2.21 bits per heavy atom. The number of amides is 2. The van der Waals surface area contributed by atoms with Crippen molar-refractivity contribution in [3.8, 4) is 0 Å². The molecule has 1 rings (SSSR count). The Morgan fingerprint density at radius 3 is 2.84 bits per heavy atom. The lowest BCUT2D eigenvalue weighted by molar-refractivity contribution is 0.0775.